The largest absolute Gasteiger partial charge is 0.415 e. The number of rotatable bonds is 9. The quantitative estimate of drug-likeness (QED) is 0.348. The maximum absolute atomic E-state index is 13.3. The zero-order chi connectivity index (χ0) is 28.1. The van der Waals surface area contributed by atoms with E-state index in [1.807, 2.05) is 44.2 Å². The summed E-state index contributed by atoms with van der Waals surface area (Å²) in [6.45, 7) is 19.8. The third-order valence-electron chi connectivity index (χ3n) is 7.99. The van der Waals surface area contributed by atoms with Crippen LogP contribution in [-0.2, 0) is 4.43 Å². The van der Waals surface area contributed by atoms with Crippen molar-refractivity contribution in [3.63, 3.8) is 0 Å². The summed E-state index contributed by atoms with van der Waals surface area (Å²) in [5, 5.41) is 6.23. The molecule has 0 radical (unpaired) electrons. The molecule has 0 aromatic heterocycles. The predicted molar refractivity (Wildman–Crippen MR) is 159 cm³/mol. The minimum atomic E-state index is -1.84. The summed E-state index contributed by atoms with van der Waals surface area (Å²) in [5.41, 5.74) is 4.17. The van der Waals surface area contributed by atoms with Crippen LogP contribution in [0.2, 0.25) is 18.1 Å². The van der Waals surface area contributed by atoms with Crippen LogP contribution in [0.5, 0.6) is 0 Å². The lowest BCUT2D eigenvalue weighted by Crippen LogP contribution is -2.44. The molecule has 8 heteroatoms. The molecular formula is C30H46N4O3Si. The second-order valence-electron chi connectivity index (χ2n) is 12.0. The van der Waals surface area contributed by atoms with Gasteiger partial charge in [0.1, 0.15) is 0 Å². The first-order valence-electron chi connectivity index (χ1n) is 13.7. The van der Waals surface area contributed by atoms with E-state index in [1.165, 1.54) is 0 Å². The Balaban J connectivity index is 1.59. The fraction of sp³-hybridized carbons (Fsp3) is 0.533. The van der Waals surface area contributed by atoms with E-state index in [4.69, 9.17) is 4.43 Å². The summed E-state index contributed by atoms with van der Waals surface area (Å²) in [7, 11) is 0.294. The van der Waals surface area contributed by atoms with Crippen molar-refractivity contribution in [1.29, 1.82) is 0 Å². The Morgan fingerprint density at radius 2 is 1.71 bits per heavy atom. The second kappa shape index (κ2) is 12.4. The molecule has 0 aliphatic carbocycles. The molecule has 1 heterocycles. The molecule has 2 aromatic rings. The Morgan fingerprint density at radius 3 is 2.37 bits per heavy atom. The van der Waals surface area contributed by atoms with Crippen molar-refractivity contribution in [1.82, 2.24) is 15.5 Å². The highest BCUT2D eigenvalue weighted by Gasteiger charge is 2.36. The lowest BCUT2D eigenvalue weighted by atomic mass is 10.0. The van der Waals surface area contributed by atoms with Crippen LogP contribution in [0.3, 0.4) is 0 Å². The number of anilines is 1. The van der Waals surface area contributed by atoms with Crippen molar-refractivity contribution in [2.24, 2.45) is 0 Å². The van der Waals surface area contributed by atoms with Gasteiger partial charge in [0.05, 0.1) is 12.6 Å². The first-order chi connectivity index (χ1) is 17.8. The fourth-order valence-electron chi connectivity index (χ4n) is 4.21. The molecule has 3 rings (SSSR count). The molecule has 1 atom stereocenters. The average Bonchev–Trinajstić information content (AvgIpc) is 2.86. The Bertz CT molecular complexity index is 1120. The topological polar surface area (TPSA) is 73.9 Å². The fourth-order valence-corrected chi connectivity index (χ4v) is 5.26. The highest BCUT2D eigenvalue weighted by atomic mass is 28.4. The van der Waals surface area contributed by atoms with Gasteiger partial charge in [0, 0.05) is 49.5 Å². The van der Waals surface area contributed by atoms with Gasteiger partial charge in [-0.15, -0.1) is 0 Å². The minimum Gasteiger partial charge on any atom is -0.415 e. The van der Waals surface area contributed by atoms with Crippen molar-refractivity contribution < 1.29 is 14.0 Å². The molecule has 2 aromatic carbocycles. The van der Waals surface area contributed by atoms with Crippen LogP contribution in [0.25, 0.3) is 0 Å². The van der Waals surface area contributed by atoms with Crippen LogP contribution >= 0.6 is 0 Å². The molecule has 0 saturated carbocycles. The number of piperazine rings is 1. The predicted octanol–water partition coefficient (Wildman–Crippen LogP) is 4.99. The molecule has 208 valence electrons. The van der Waals surface area contributed by atoms with Crippen molar-refractivity contribution >= 4 is 25.8 Å². The van der Waals surface area contributed by atoms with Gasteiger partial charge in [-0.3, -0.25) is 9.59 Å². The summed E-state index contributed by atoms with van der Waals surface area (Å²) in [6.07, 6.45) is 0. The lowest BCUT2D eigenvalue weighted by Gasteiger charge is -2.36. The van der Waals surface area contributed by atoms with Crippen LogP contribution in [0, 0.1) is 6.92 Å². The summed E-state index contributed by atoms with van der Waals surface area (Å²) in [4.78, 5) is 30.7. The number of hydrogen-bond acceptors (Lipinski definition) is 5. The number of carbonyl (C=O) groups is 2. The minimum absolute atomic E-state index is 0.108. The van der Waals surface area contributed by atoms with E-state index in [2.05, 4.69) is 67.4 Å². The van der Waals surface area contributed by atoms with Crippen LogP contribution < -0.4 is 15.5 Å². The van der Waals surface area contributed by atoms with E-state index in [1.54, 1.807) is 6.07 Å². The van der Waals surface area contributed by atoms with Crippen LogP contribution in [0.15, 0.2) is 42.5 Å². The summed E-state index contributed by atoms with van der Waals surface area (Å²) in [6, 6.07) is 13.3. The van der Waals surface area contributed by atoms with E-state index in [0.29, 0.717) is 24.3 Å². The monoisotopic (exact) mass is 538 g/mol. The smallest absolute Gasteiger partial charge is 0.252 e. The van der Waals surface area contributed by atoms with Gasteiger partial charge in [-0.1, -0.05) is 39.0 Å². The third-order valence-corrected chi connectivity index (χ3v) is 12.5. The number of nitrogens with zero attached hydrogens (tertiary/aromatic N) is 2. The molecule has 1 saturated heterocycles. The number of aryl methyl sites for hydroxylation is 1. The highest BCUT2D eigenvalue weighted by Crippen LogP contribution is 2.36. The van der Waals surface area contributed by atoms with Gasteiger partial charge in [0.2, 0.25) is 0 Å². The van der Waals surface area contributed by atoms with E-state index < -0.39 is 8.32 Å². The van der Waals surface area contributed by atoms with Crippen LogP contribution in [0.1, 0.15) is 65.6 Å². The lowest BCUT2D eigenvalue weighted by molar-refractivity contribution is 0.0936. The Labute approximate surface area is 230 Å². The normalized spacial score (nSPS) is 15.7. The van der Waals surface area contributed by atoms with Gasteiger partial charge in [0.15, 0.2) is 8.32 Å². The van der Waals surface area contributed by atoms with Crippen LogP contribution in [0.4, 0.5) is 5.69 Å². The first kappa shape index (κ1) is 29.9. The van der Waals surface area contributed by atoms with E-state index in [9.17, 15) is 9.59 Å². The standard InChI is InChI=1S/C30H46N4O3Si/c1-22-12-13-26(34-17-15-33(6)16-18-34)21-27(22)29(36)32-23(2)24-10-9-11-25(20-24)28(35)31-14-19-37-38(7,8)30(3,4)5/h9-13,20-21,23H,14-19H2,1-8H3,(H,31,35)(H,32,36)/t23-/m1/s1. The zero-order valence-corrected chi connectivity index (χ0v) is 25.5. The molecule has 1 fully saturated rings. The number of hydrogen-bond donors (Lipinski definition) is 2. The van der Waals surface area contributed by atoms with Gasteiger partial charge in [-0.25, -0.2) is 0 Å². The summed E-state index contributed by atoms with van der Waals surface area (Å²) >= 11 is 0. The highest BCUT2D eigenvalue weighted by molar-refractivity contribution is 6.74. The molecule has 2 amide bonds. The maximum Gasteiger partial charge on any atom is 0.252 e. The summed E-state index contributed by atoms with van der Waals surface area (Å²) in [5.74, 6) is -0.247. The molecule has 0 unspecified atom stereocenters. The number of carbonyl (C=O) groups excluding carboxylic acids is 2. The van der Waals surface area contributed by atoms with Gasteiger partial charge >= 0.3 is 0 Å². The van der Waals surface area contributed by atoms with Gasteiger partial charge in [-0.05, 0) is 74.4 Å². The molecule has 0 spiro atoms. The van der Waals surface area contributed by atoms with Crippen molar-refractivity contribution in [2.75, 3.05) is 51.3 Å². The second-order valence-corrected chi connectivity index (χ2v) is 16.8. The molecule has 1 aliphatic rings. The first-order valence-corrected chi connectivity index (χ1v) is 16.6. The van der Waals surface area contributed by atoms with E-state index in [0.717, 1.165) is 43.0 Å². The Kier molecular flexibility index (Phi) is 9.78. The average molecular weight is 539 g/mol. The van der Waals surface area contributed by atoms with Gasteiger partial charge in [0.25, 0.3) is 11.8 Å². The molecule has 38 heavy (non-hydrogen) atoms. The van der Waals surface area contributed by atoms with Crippen LogP contribution in [-0.4, -0.2) is 71.4 Å². The third kappa shape index (κ3) is 7.68. The Hall–Kier alpha value is -2.68. The van der Waals surface area contributed by atoms with E-state index >= 15 is 0 Å². The molecule has 2 N–H and O–H groups in total. The van der Waals surface area contributed by atoms with Crippen molar-refractivity contribution in [3.8, 4) is 0 Å². The summed E-state index contributed by atoms with van der Waals surface area (Å²) < 4.78 is 6.16. The number of likely N-dealkylation sites (N-methyl/N-ethyl adjacent to an activating group) is 1. The van der Waals surface area contributed by atoms with Gasteiger partial charge in [-0.2, -0.15) is 0 Å². The molecule has 7 nitrogen and oxygen atoms in total. The van der Waals surface area contributed by atoms with Crippen molar-refractivity contribution in [3.05, 3.63) is 64.7 Å². The SMILES string of the molecule is Cc1ccc(N2CCN(C)CC2)cc1C(=O)N[C@H](C)c1cccc(C(=O)NCCO[Si](C)(C)C(C)(C)C)c1. The van der Waals surface area contributed by atoms with Crippen molar-refractivity contribution in [2.45, 2.75) is 58.8 Å². The Morgan fingerprint density at radius 1 is 1.03 bits per heavy atom. The molecular weight excluding hydrogens is 492 g/mol. The molecule has 1 aliphatic heterocycles. The number of amides is 2. The maximum atomic E-state index is 13.3. The number of nitrogens with one attached hydrogen (secondary N) is 2. The zero-order valence-electron chi connectivity index (χ0n) is 24.5. The molecule has 0 bridgehead atoms. The number of benzene rings is 2. The van der Waals surface area contributed by atoms with Gasteiger partial charge < -0.3 is 24.9 Å². The van der Waals surface area contributed by atoms with E-state index in [-0.39, 0.29) is 22.9 Å².